The van der Waals surface area contributed by atoms with Crippen LogP contribution in [0.15, 0.2) is 66.7 Å². The van der Waals surface area contributed by atoms with Crippen molar-refractivity contribution in [2.45, 2.75) is 12.8 Å². The van der Waals surface area contributed by atoms with Gasteiger partial charge in [0.1, 0.15) is 5.75 Å². The zero-order chi connectivity index (χ0) is 19.3. The number of rotatable bonds is 6. The molecule has 0 saturated heterocycles. The first-order valence-electron chi connectivity index (χ1n) is 8.88. The molecule has 0 aliphatic carbocycles. The number of anilines is 1. The van der Waals surface area contributed by atoms with E-state index in [1.165, 1.54) is 0 Å². The Morgan fingerprint density at radius 2 is 1.82 bits per heavy atom. The van der Waals surface area contributed by atoms with Gasteiger partial charge in [-0.2, -0.15) is 0 Å². The molecule has 0 fully saturated rings. The van der Waals surface area contributed by atoms with Crippen molar-refractivity contribution in [2.75, 3.05) is 12.1 Å². The molecule has 3 aromatic carbocycles. The number of ether oxygens (including phenoxy) is 3. The molecule has 1 heterocycles. The van der Waals surface area contributed by atoms with Crippen LogP contribution in [0.3, 0.4) is 0 Å². The van der Waals surface area contributed by atoms with Crippen molar-refractivity contribution in [2.24, 2.45) is 0 Å². The van der Waals surface area contributed by atoms with Crippen molar-refractivity contribution in [3.63, 3.8) is 0 Å². The number of carbonyl (C=O) groups is 1. The van der Waals surface area contributed by atoms with Crippen LogP contribution in [-0.4, -0.2) is 12.7 Å². The van der Waals surface area contributed by atoms with Crippen LogP contribution in [0.5, 0.6) is 23.0 Å². The van der Waals surface area contributed by atoms with E-state index in [-0.39, 0.29) is 12.7 Å². The highest BCUT2D eigenvalue weighted by molar-refractivity contribution is 6.31. The number of hydrogen-bond acceptors (Lipinski definition) is 4. The van der Waals surface area contributed by atoms with Gasteiger partial charge in [-0.1, -0.05) is 35.9 Å². The predicted molar refractivity (Wildman–Crippen MR) is 107 cm³/mol. The van der Waals surface area contributed by atoms with E-state index in [0.29, 0.717) is 40.8 Å². The number of hydrogen-bond donors (Lipinski definition) is 1. The standard InChI is InChI=1S/C22H18ClNO4/c23-16-8-10-19(28-17-4-2-1-3-5-17)18(13-16)24-22(25)11-7-15-6-9-20-21(12-15)27-14-26-20/h1-6,8-10,12-13H,7,11,14H2,(H,24,25). The van der Waals surface area contributed by atoms with E-state index >= 15 is 0 Å². The van der Waals surface area contributed by atoms with E-state index in [4.69, 9.17) is 25.8 Å². The molecule has 142 valence electrons. The van der Waals surface area contributed by atoms with Gasteiger partial charge in [-0.3, -0.25) is 4.79 Å². The molecule has 5 nitrogen and oxygen atoms in total. The van der Waals surface area contributed by atoms with Crippen LogP contribution in [0.2, 0.25) is 5.02 Å². The van der Waals surface area contributed by atoms with Crippen LogP contribution in [-0.2, 0) is 11.2 Å². The smallest absolute Gasteiger partial charge is 0.231 e. The van der Waals surface area contributed by atoms with Crippen LogP contribution >= 0.6 is 11.6 Å². The normalized spacial score (nSPS) is 11.9. The summed E-state index contributed by atoms with van der Waals surface area (Å²) >= 11 is 6.10. The van der Waals surface area contributed by atoms with Crippen molar-refractivity contribution in [1.29, 1.82) is 0 Å². The predicted octanol–water partition coefficient (Wildman–Crippen LogP) is 5.43. The second kappa shape index (κ2) is 8.23. The van der Waals surface area contributed by atoms with Gasteiger partial charge in [0.25, 0.3) is 0 Å². The minimum absolute atomic E-state index is 0.127. The molecule has 1 aliphatic heterocycles. The highest BCUT2D eigenvalue weighted by atomic mass is 35.5. The van der Waals surface area contributed by atoms with E-state index in [1.54, 1.807) is 18.2 Å². The average Bonchev–Trinajstić information content (AvgIpc) is 3.17. The van der Waals surface area contributed by atoms with Gasteiger partial charge in [0.15, 0.2) is 17.2 Å². The molecule has 1 aliphatic rings. The van der Waals surface area contributed by atoms with E-state index in [9.17, 15) is 4.79 Å². The van der Waals surface area contributed by atoms with Crippen molar-refractivity contribution in [3.05, 3.63) is 77.3 Å². The lowest BCUT2D eigenvalue weighted by Gasteiger charge is -2.13. The minimum atomic E-state index is -0.127. The van der Waals surface area contributed by atoms with E-state index in [1.807, 2.05) is 48.5 Å². The number of amides is 1. The fraction of sp³-hybridized carbons (Fsp3) is 0.136. The highest BCUT2D eigenvalue weighted by Crippen LogP contribution is 2.34. The first-order chi connectivity index (χ1) is 13.7. The first kappa shape index (κ1) is 18.2. The Labute approximate surface area is 167 Å². The first-order valence-corrected chi connectivity index (χ1v) is 9.26. The molecule has 0 atom stereocenters. The van der Waals surface area contributed by atoms with E-state index in [2.05, 4.69) is 5.32 Å². The molecule has 0 aromatic heterocycles. The third-order valence-corrected chi connectivity index (χ3v) is 4.50. The molecule has 6 heteroatoms. The Balaban J connectivity index is 1.41. The molecule has 28 heavy (non-hydrogen) atoms. The zero-order valence-corrected chi connectivity index (χ0v) is 15.7. The number of carbonyl (C=O) groups excluding carboxylic acids is 1. The number of para-hydroxylation sites is 1. The molecular formula is C22H18ClNO4. The van der Waals surface area contributed by atoms with Gasteiger partial charge < -0.3 is 19.5 Å². The van der Waals surface area contributed by atoms with Crippen molar-refractivity contribution in [3.8, 4) is 23.0 Å². The Bertz CT molecular complexity index is 991. The topological polar surface area (TPSA) is 56.8 Å². The molecule has 4 rings (SSSR count). The number of fused-ring (bicyclic) bond motifs is 1. The molecule has 0 unspecified atom stereocenters. The Hall–Kier alpha value is -3.18. The maximum absolute atomic E-state index is 12.5. The second-order valence-corrected chi connectivity index (χ2v) is 6.73. The molecule has 0 radical (unpaired) electrons. The summed E-state index contributed by atoms with van der Waals surface area (Å²) in [6.07, 6.45) is 0.898. The number of aryl methyl sites for hydroxylation is 1. The number of benzene rings is 3. The summed E-state index contributed by atoms with van der Waals surface area (Å²) in [5, 5.41) is 3.41. The van der Waals surface area contributed by atoms with Crippen LogP contribution in [0.4, 0.5) is 5.69 Å². The van der Waals surface area contributed by atoms with Gasteiger partial charge in [-0.15, -0.1) is 0 Å². The summed E-state index contributed by atoms with van der Waals surface area (Å²) in [5.74, 6) is 2.53. The highest BCUT2D eigenvalue weighted by Gasteiger charge is 2.14. The number of halogens is 1. The van der Waals surface area contributed by atoms with Gasteiger partial charge in [-0.05, 0) is 54.4 Å². The molecule has 1 N–H and O–H groups in total. The average molecular weight is 396 g/mol. The van der Waals surface area contributed by atoms with E-state index < -0.39 is 0 Å². The van der Waals surface area contributed by atoms with Gasteiger partial charge in [0.2, 0.25) is 12.7 Å². The quantitative estimate of drug-likeness (QED) is 0.604. The number of nitrogens with one attached hydrogen (secondary N) is 1. The molecule has 3 aromatic rings. The van der Waals surface area contributed by atoms with Crippen molar-refractivity contribution in [1.82, 2.24) is 0 Å². The summed E-state index contributed by atoms with van der Waals surface area (Å²) in [7, 11) is 0. The van der Waals surface area contributed by atoms with Gasteiger partial charge in [-0.25, -0.2) is 0 Å². The summed E-state index contributed by atoms with van der Waals surface area (Å²) in [6, 6.07) is 20.2. The third kappa shape index (κ3) is 4.38. The SMILES string of the molecule is O=C(CCc1ccc2c(c1)OCO2)Nc1cc(Cl)ccc1Oc1ccccc1. The molecular weight excluding hydrogens is 378 g/mol. The monoisotopic (exact) mass is 395 g/mol. The zero-order valence-electron chi connectivity index (χ0n) is 15.0. The lowest BCUT2D eigenvalue weighted by atomic mass is 10.1. The maximum Gasteiger partial charge on any atom is 0.231 e. The Kier molecular flexibility index (Phi) is 5.35. The van der Waals surface area contributed by atoms with Gasteiger partial charge in [0, 0.05) is 11.4 Å². The van der Waals surface area contributed by atoms with Crippen molar-refractivity contribution >= 4 is 23.2 Å². The summed E-state index contributed by atoms with van der Waals surface area (Å²) in [5.41, 5.74) is 1.54. The summed E-state index contributed by atoms with van der Waals surface area (Å²) in [4.78, 5) is 12.5. The molecule has 0 spiro atoms. The maximum atomic E-state index is 12.5. The molecule has 0 saturated carbocycles. The summed E-state index contributed by atoms with van der Waals surface area (Å²) < 4.78 is 16.6. The van der Waals surface area contributed by atoms with Crippen LogP contribution in [0.25, 0.3) is 0 Å². The lowest BCUT2D eigenvalue weighted by Crippen LogP contribution is -2.13. The van der Waals surface area contributed by atoms with Crippen LogP contribution in [0, 0.1) is 0 Å². The van der Waals surface area contributed by atoms with Gasteiger partial charge in [0.05, 0.1) is 5.69 Å². The lowest BCUT2D eigenvalue weighted by molar-refractivity contribution is -0.116. The van der Waals surface area contributed by atoms with Crippen LogP contribution < -0.4 is 19.5 Å². The fourth-order valence-corrected chi connectivity index (χ4v) is 3.04. The largest absolute Gasteiger partial charge is 0.455 e. The van der Waals surface area contributed by atoms with Crippen LogP contribution in [0.1, 0.15) is 12.0 Å². The molecule has 1 amide bonds. The Morgan fingerprint density at radius 1 is 1.00 bits per heavy atom. The van der Waals surface area contributed by atoms with E-state index in [0.717, 1.165) is 11.3 Å². The second-order valence-electron chi connectivity index (χ2n) is 6.29. The minimum Gasteiger partial charge on any atom is -0.455 e. The molecule has 0 bridgehead atoms. The van der Waals surface area contributed by atoms with Crippen molar-refractivity contribution < 1.29 is 19.0 Å². The summed E-state index contributed by atoms with van der Waals surface area (Å²) in [6.45, 7) is 0.234. The van der Waals surface area contributed by atoms with Gasteiger partial charge >= 0.3 is 0 Å². The Morgan fingerprint density at radius 3 is 2.68 bits per heavy atom. The third-order valence-electron chi connectivity index (χ3n) is 4.26. The fourth-order valence-electron chi connectivity index (χ4n) is 2.87.